The van der Waals surface area contributed by atoms with Gasteiger partial charge in [0.25, 0.3) is 0 Å². The van der Waals surface area contributed by atoms with Crippen molar-refractivity contribution >= 4 is 0 Å². The van der Waals surface area contributed by atoms with Gasteiger partial charge in [-0.15, -0.1) is 0 Å². The molecule has 1 unspecified atom stereocenters. The van der Waals surface area contributed by atoms with Crippen LogP contribution in [0.25, 0.3) is 0 Å². The average Bonchev–Trinajstić information content (AvgIpc) is 3.31. The van der Waals surface area contributed by atoms with E-state index in [4.69, 9.17) is 14.2 Å². The normalized spacial score (nSPS) is 15.0. The van der Waals surface area contributed by atoms with Crippen molar-refractivity contribution in [3.63, 3.8) is 0 Å². The molecule has 0 radical (unpaired) electrons. The fourth-order valence-corrected chi connectivity index (χ4v) is 4.03. The van der Waals surface area contributed by atoms with Gasteiger partial charge in [-0.25, -0.2) is 0 Å². The SMILES string of the molecule is COc1ccc(C(C)c2ccc(OCc3ccccc3)cc2)cc1OC1CCCC1. The third-order valence-electron chi connectivity index (χ3n) is 5.91. The van der Waals surface area contributed by atoms with Gasteiger partial charge in [0.05, 0.1) is 13.2 Å². The van der Waals surface area contributed by atoms with Crippen molar-refractivity contribution in [1.29, 1.82) is 0 Å². The Morgan fingerprint density at radius 1 is 0.833 bits per heavy atom. The Hall–Kier alpha value is -2.94. The first-order chi connectivity index (χ1) is 14.7. The Morgan fingerprint density at radius 2 is 1.53 bits per heavy atom. The van der Waals surface area contributed by atoms with Crippen molar-refractivity contribution in [3.8, 4) is 17.2 Å². The van der Waals surface area contributed by atoms with Crippen LogP contribution < -0.4 is 14.2 Å². The molecule has 3 nitrogen and oxygen atoms in total. The quantitative estimate of drug-likeness (QED) is 0.417. The summed E-state index contributed by atoms with van der Waals surface area (Å²) in [6.45, 7) is 2.80. The minimum Gasteiger partial charge on any atom is -0.493 e. The van der Waals surface area contributed by atoms with Gasteiger partial charge in [0.15, 0.2) is 11.5 Å². The highest BCUT2D eigenvalue weighted by molar-refractivity contribution is 5.46. The number of benzene rings is 3. The summed E-state index contributed by atoms with van der Waals surface area (Å²) in [4.78, 5) is 0. The van der Waals surface area contributed by atoms with Gasteiger partial charge in [-0.2, -0.15) is 0 Å². The molecule has 1 fully saturated rings. The molecule has 3 heteroatoms. The Labute approximate surface area is 179 Å². The highest BCUT2D eigenvalue weighted by atomic mass is 16.5. The van der Waals surface area contributed by atoms with E-state index >= 15 is 0 Å². The molecule has 1 aliphatic carbocycles. The van der Waals surface area contributed by atoms with Crippen molar-refractivity contribution in [2.24, 2.45) is 0 Å². The van der Waals surface area contributed by atoms with Crippen LogP contribution in [0.3, 0.4) is 0 Å². The lowest BCUT2D eigenvalue weighted by molar-refractivity contribution is 0.200. The Bertz CT molecular complexity index is 928. The van der Waals surface area contributed by atoms with Gasteiger partial charge < -0.3 is 14.2 Å². The Morgan fingerprint density at radius 3 is 2.23 bits per heavy atom. The first-order valence-corrected chi connectivity index (χ1v) is 10.8. The number of hydrogen-bond acceptors (Lipinski definition) is 3. The van der Waals surface area contributed by atoms with E-state index < -0.39 is 0 Å². The van der Waals surface area contributed by atoms with Crippen molar-refractivity contribution < 1.29 is 14.2 Å². The van der Waals surface area contributed by atoms with E-state index in [-0.39, 0.29) is 5.92 Å². The second-order valence-corrected chi connectivity index (χ2v) is 8.00. The molecule has 1 aliphatic rings. The lowest BCUT2D eigenvalue weighted by atomic mass is 9.93. The van der Waals surface area contributed by atoms with Crippen LogP contribution in [-0.4, -0.2) is 13.2 Å². The molecule has 0 bridgehead atoms. The number of rotatable bonds is 8. The van der Waals surface area contributed by atoms with Crippen LogP contribution in [0.15, 0.2) is 72.8 Å². The maximum atomic E-state index is 6.27. The summed E-state index contributed by atoms with van der Waals surface area (Å²) < 4.78 is 17.7. The summed E-state index contributed by atoms with van der Waals surface area (Å²) in [5, 5.41) is 0. The smallest absolute Gasteiger partial charge is 0.161 e. The molecule has 0 amide bonds. The molecule has 156 valence electrons. The van der Waals surface area contributed by atoms with E-state index in [1.807, 2.05) is 36.4 Å². The molecule has 0 aliphatic heterocycles. The Balaban J connectivity index is 1.44. The molecule has 1 saturated carbocycles. The third kappa shape index (κ3) is 4.96. The number of methoxy groups -OCH3 is 1. The van der Waals surface area contributed by atoms with Crippen molar-refractivity contribution in [1.82, 2.24) is 0 Å². The summed E-state index contributed by atoms with van der Waals surface area (Å²) in [6.07, 6.45) is 5.08. The molecule has 0 spiro atoms. The van der Waals surface area contributed by atoms with E-state index in [9.17, 15) is 0 Å². The van der Waals surface area contributed by atoms with Crippen molar-refractivity contribution in [2.75, 3.05) is 7.11 Å². The fourth-order valence-electron chi connectivity index (χ4n) is 4.03. The summed E-state index contributed by atoms with van der Waals surface area (Å²) in [7, 11) is 1.70. The molecular formula is C27H30O3. The summed E-state index contributed by atoms with van der Waals surface area (Å²) in [5.41, 5.74) is 3.64. The predicted octanol–water partition coefficient (Wildman–Crippen LogP) is 6.75. The van der Waals surface area contributed by atoms with Crippen LogP contribution in [0, 0.1) is 0 Å². The third-order valence-corrected chi connectivity index (χ3v) is 5.91. The van der Waals surface area contributed by atoms with Crippen LogP contribution in [0.5, 0.6) is 17.2 Å². The van der Waals surface area contributed by atoms with Gasteiger partial charge in [0.2, 0.25) is 0 Å². The van der Waals surface area contributed by atoms with Crippen LogP contribution in [0.1, 0.15) is 55.2 Å². The maximum Gasteiger partial charge on any atom is 0.161 e. The van der Waals surface area contributed by atoms with E-state index in [2.05, 4.69) is 43.3 Å². The summed E-state index contributed by atoms with van der Waals surface area (Å²) in [6, 6.07) is 24.9. The molecule has 3 aromatic carbocycles. The lowest BCUT2D eigenvalue weighted by Crippen LogP contribution is -2.12. The highest BCUT2D eigenvalue weighted by Crippen LogP contribution is 2.36. The molecule has 3 aromatic rings. The zero-order valence-electron chi connectivity index (χ0n) is 17.8. The van der Waals surface area contributed by atoms with Gasteiger partial charge in [-0.1, -0.05) is 55.5 Å². The van der Waals surface area contributed by atoms with Crippen LogP contribution in [-0.2, 0) is 6.61 Å². The number of ether oxygens (including phenoxy) is 3. The molecule has 30 heavy (non-hydrogen) atoms. The molecular weight excluding hydrogens is 372 g/mol. The molecule has 0 saturated heterocycles. The van der Waals surface area contributed by atoms with Crippen LogP contribution >= 0.6 is 0 Å². The second-order valence-electron chi connectivity index (χ2n) is 8.00. The minimum atomic E-state index is 0.255. The summed E-state index contributed by atoms with van der Waals surface area (Å²) >= 11 is 0. The van der Waals surface area contributed by atoms with Gasteiger partial charge in [-0.05, 0) is 66.6 Å². The summed E-state index contributed by atoms with van der Waals surface area (Å²) in [5.74, 6) is 2.80. The molecule has 0 aromatic heterocycles. The minimum absolute atomic E-state index is 0.255. The van der Waals surface area contributed by atoms with E-state index in [0.29, 0.717) is 12.7 Å². The zero-order valence-corrected chi connectivity index (χ0v) is 17.8. The van der Waals surface area contributed by atoms with Crippen LogP contribution in [0.4, 0.5) is 0 Å². The molecule has 0 N–H and O–H groups in total. The standard InChI is InChI=1S/C27H30O3/c1-20(22-12-15-24(16-13-22)29-19-21-8-4-3-5-9-21)23-14-17-26(28-2)27(18-23)30-25-10-6-7-11-25/h3-5,8-9,12-18,20,25H,6-7,10-11,19H2,1-2H3. The van der Waals surface area contributed by atoms with Gasteiger partial charge in [0.1, 0.15) is 12.4 Å². The van der Waals surface area contributed by atoms with E-state index in [1.165, 1.54) is 29.5 Å². The second kappa shape index (κ2) is 9.71. The molecule has 1 atom stereocenters. The van der Waals surface area contributed by atoms with Crippen LogP contribution in [0.2, 0.25) is 0 Å². The lowest BCUT2D eigenvalue weighted by Gasteiger charge is -2.19. The maximum absolute atomic E-state index is 6.27. The van der Waals surface area contributed by atoms with Gasteiger partial charge in [-0.3, -0.25) is 0 Å². The Kier molecular flexibility index (Phi) is 6.58. The molecule has 4 rings (SSSR count). The number of hydrogen-bond donors (Lipinski definition) is 0. The zero-order chi connectivity index (χ0) is 20.8. The monoisotopic (exact) mass is 402 g/mol. The van der Waals surface area contributed by atoms with Gasteiger partial charge in [0, 0.05) is 5.92 Å². The average molecular weight is 403 g/mol. The largest absolute Gasteiger partial charge is 0.493 e. The first kappa shape index (κ1) is 20.3. The predicted molar refractivity (Wildman–Crippen MR) is 121 cm³/mol. The van der Waals surface area contributed by atoms with Gasteiger partial charge >= 0.3 is 0 Å². The van der Waals surface area contributed by atoms with E-state index in [0.717, 1.165) is 30.1 Å². The van der Waals surface area contributed by atoms with E-state index in [1.54, 1.807) is 7.11 Å². The highest BCUT2D eigenvalue weighted by Gasteiger charge is 2.19. The van der Waals surface area contributed by atoms with Crippen molar-refractivity contribution in [2.45, 2.75) is 51.2 Å². The first-order valence-electron chi connectivity index (χ1n) is 10.8. The van der Waals surface area contributed by atoms with Crippen molar-refractivity contribution in [3.05, 3.63) is 89.5 Å². The molecule has 0 heterocycles. The topological polar surface area (TPSA) is 27.7 Å². The fraction of sp³-hybridized carbons (Fsp3) is 0.333.